The molecule has 0 aromatic heterocycles. The lowest BCUT2D eigenvalue weighted by Crippen LogP contribution is -1.71. The van der Waals surface area contributed by atoms with Gasteiger partial charge in [-0.25, -0.2) is 20.4 Å². The van der Waals surface area contributed by atoms with Crippen LogP contribution < -0.4 is 0 Å². The molecule has 0 radical (unpaired) electrons. The standard InChI is InChI=1S/C7H9OP.2CHNO/c8-9-6-7-4-2-1-3-5-7;2*2-1-3/h1-5H,6,9H2;2*2H. The molecule has 0 saturated carbocycles. The van der Waals surface area contributed by atoms with Crippen molar-refractivity contribution >= 4 is 20.6 Å². The van der Waals surface area contributed by atoms with E-state index in [2.05, 4.69) is 0 Å². The van der Waals surface area contributed by atoms with Crippen molar-refractivity contribution in [2.45, 2.75) is 6.16 Å². The van der Waals surface area contributed by atoms with Crippen molar-refractivity contribution in [1.82, 2.24) is 0 Å². The molecule has 0 saturated heterocycles. The molecule has 0 aliphatic carbocycles. The maximum absolute atomic E-state index is 10.2. The first-order valence-corrected chi connectivity index (χ1v) is 5.10. The van der Waals surface area contributed by atoms with Crippen LogP contribution in [0.2, 0.25) is 0 Å². The maximum atomic E-state index is 10.2. The summed E-state index contributed by atoms with van der Waals surface area (Å²) in [6, 6.07) is 9.87. The Bertz CT molecular complexity index is 316. The lowest BCUT2D eigenvalue weighted by atomic mass is 10.2. The molecule has 0 aliphatic heterocycles. The molecule has 2 N–H and O–H groups in total. The number of benzene rings is 1. The number of hydrogen-bond donors (Lipinski definition) is 2. The SMILES string of the molecule is N=C=O.N=C=O.O=[PH2]Cc1ccccc1. The molecule has 0 heterocycles. The van der Waals surface area contributed by atoms with E-state index in [9.17, 15) is 4.57 Å². The summed E-state index contributed by atoms with van der Waals surface area (Å²) in [7, 11) is -0.625. The summed E-state index contributed by atoms with van der Waals surface area (Å²) in [6.07, 6.45) is 2.24. The highest BCUT2D eigenvalue weighted by Crippen LogP contribution is 2.06. The molecule has 1 unspecified atom stereocenters. The molecule has 1 rings (SSSR count). The van der Waals surface area contributed by atoms with Gasteiger partial charge in [-0.15, -0.1) is 0 Å². The van der Waals surface area contributed by atoms with E-state index < -0.39 is 8.46 Å². The van der Waals surface area contributed by atoms with Crippen LogP contribution >= 0.6 is 8.46 Å². The molecule has 0 bridgehead atoms. The van der Waals surface area contributed by atoms with Gasteiger partial charge in [-0.05, 0) is 5.56 Å². The van der Waals surface area contributed by atoms with E-state index in [4.69, 9.17) is 20.4 Å². The van der Waals surface area contributed by atoms with Crippen molar-refractivity contribution in [3.63, 3.8) is 0 Å². The smallest absolute Gasteiger partial charge is 0.231 e. The normalized spacial score (nSPS) is 7.47. The van der Waals surface area contributed by atoms with Gasteiger partial charge in [0.1, 0.15) is 0 Å². The first kappa shape index (κ1) is 15.7. The quantitative estimate of drug-likeness (QED) is 0.456. The Hall–Kier alpha value is -1.79. The Labute approximate surface area is 88.4 Å². The van der Waals surface area contributed by atoms with Gasteiger partial charge < -0.3 is 4.57 Å². The minimum atomic E-state index is -0.625. The van der Waals surface area contributed by atoms with Crippen molar-refractivity contribution in [3.8, 4) is 0 Å². The fourth-order valence-electron chi connectivity index (χ4n) is 0.710. The van der Waals surface area contributed by atoms with Gasteiger partial charge in [0.15, 0.2) is 0 Å². The molecule has 1 aromatic rings. The van der Waals surface area contributed by atoms with E-state index in [0.717, 1.165) is 18.3 Å². The maximum Gasteiger partial charge on any atom is 0.231 e. The van der Waals surface area contributed by atoms with Gasteiger partial charge in [-0.1, -0.05) is 30.3 Å². The van der Waals surface area contributed by atoms with Gasteiger partial charge in [0.2, 0.25) is 12.2 Å². The van der Waals surface area contributed by atoms with Crippen LogP contribution in [0.1, 0.15) is 5.56 Å². The lowest BCUT2D eigenvalue weighted by molar-refractivity contribution is 0.562. The Kier molecular flexibility index (Phi) is 15.4. The van der Waals surface area contributed by atoms with Crippen molar-refractivity contribution < 1.29 is 14.2 Å². The molecule has 5 nitrogen and oxygen atoms in total. The second kappa shape index (κ2) is 14.7. The largest absolute Gasteiger partial charge is 0.330 e. The third-order valence-electron chi connectivity index (χ3n) is 1.16. The van der Waals surface area contributed by atoms with E-state index in [1.807, 2.05) is 30.3 Å². The zero-order chi connectivity index (χ0) is 11.9. The van der Waals surface area contributed by atoms with E-state index in [0.29, 0.717) is 0 Å². The lowest BCUT2D eigenvalue weighted by Gasteiger charge is -1.89. The highest BCUT2D eigenvalue weighted by atomic mass is 31.1. The van der Waals surface area contributed by atoms with Crippen LogP contribution in [0.4, 0.5) is 0 Å². The summed E-state index contributed by atoms with van der Waals surface area (Å²) in [5.74, 6) is 0. The third kappa shape index (κ3) is 15.0. The number of isocyanates is 2. The fraction of sp³-hybridized carbons (Fsp3) is 0.111. The van der Waals surface area contributed by atoms with Gasteiger partial charge in [0.25, 0.3) is 0 Å². The molecule has 6 heteroatoms. The topological polar surface area (TPSA) is 98.9 Å². The average Bonchev–Trinajstić information content (AvgIpc) is 2.22. The zero-order valence-electron chi connectivity index (χ0n) is 7.90. The van der Waals surface area contributed by atoms with Crippen molar-refractivity contribution in [1.29, 1.82) is 10.8 Å². The summed E-state index contributed by atoms with van der Waals surface area (Å²) in [5, 5.41) is 10.8. The first-order valence-electron chi connectivity index (χ1n) is 3.82. The van der Waals surface area contributed by atoms with Crippen LogP contribution in [0.3, 0.4) is 0 Å². The minimum Gasteiger partial charge on any atom is -0.330 e. The average molecular weight is 226 g/mol. The number of nitrogens with one attached hydrogen (secondary N) is 2. The molecule has 1 atom stereocenters. The van der Waals surface area contributed by atoms with E-state index in [1.54, 1.807) is 0 Å². The van der Waals surface area contributed by atoms with Crippen LogP contribution in [0.25, 0.3) is 0 Å². The van der Waals surface area contributed by atoms with Crippen LogP contribution in [0, 0.1) is 10.8 Å². The highest BCUT2D eigenvalue weighted by molar-refractivity contribution is 7.22. The monoisotopic (exact) mass is 226 g/mol. The predicted octanol–water partition coefficient (Wildman–Crippen LogP) is 1.74. The molecule has 0 spiro atoms. The summed E-state index contributed by atoms with van der Waals surface area (Å²) < 4.78 is 10.2. The van der Waals surface area contributed by atoms with Gasteiger partial charge in [0.05, 0.1) is 8.46 Å². The molecular formula is C9H11N2O3P. The van der Waals surface area contributed by atoms with E-state index in [-0.39, 0.29) is 0 Å². The third-order valence-corrected chi connectivity index (χ3v) is 1.80. The Morgan fingerprint density at radius 1 is 1.07 bits per heavy atom. The van der Waals surface area contributed by atoms with Crippen LogP contribution in [0.15, 0.2) is 30.3 Å². The van der Waals surface area contributed by atoms with Gasteiger partial charge in [-0.2, -0.15) is 0 Å². The second-order valence-corrected chi connectivity index (χ2v) is 2.80. The second-order valence-electron chi connectivity index (χ2n) is 2.06. The summed E-state index contributed by atoms with van der Waals surface area (Å²) >= 11 is 0. The Morgan fingerprint density at radius 3 is 1.80 bits per heavy atom. The van der Waals surface area contributed by atoms with Crippen molar-refractivity contribution in [3.05, 3.63) is 35.9 Å². The van der Waals surface area contributed by atoms with Crippen LogP contribution in [-0.4, -0.2) is 12.2 Å². The van der Waals surface area contributed by atoms with Crippen molar-refractivity contribution in [2.24, 2.45) is 0 Å². The van der Waals surface area contributed by atoms with Crippen LogP contribution in [0.5, 0.6) is 0 Å². The molecule has 15 heavy (non-hydrogen) atoms. The minimum absolute atomic E-state index is 0.625. The van der Waals surface area contributed by atoms with E-state index in [1.165, 1.54) is 5.56 Å². The molecule has 0 aliphatic rings. The van der Waals surface area contributed by atoms with Gasteiger partial charge in [0, 0.05) is 6.16 Å². The number of hydrogen-bond acceptors (Lipinski definition) is 5. The number of rotatable bonds is 2. The van der Waals surface area contributed by atoms with Gasteiger partial charge >= 0.3 is 0 Å². The Morgan fingerprint density at radius 2 is 1.47 bits per heavy atom. The van der Waals surface area contributed by atoms with Gasteiger partial charge in [-0.3, -0.25) is 0 Å². The fourth-order valence-corrected chi connectivity index (χ4v) is 1.17. The number of carbonyl (C=O) groups excluding carboxylic acids is 2. The first-order chi connectivity index (χ1) is 7.26. The van der Waals surface area contributed by atoms with Crippen LogP contribution in [-0.2, 0) is 20.3 Å². The molecule has 80 valence electrons. The summed E-state index contributed by atoms with van der Waals surface area (Å²) in [6.45, 7) is 0. The summed E-state index contributed by atoms with van der Waals surface area (Å²) in [5.41, 5.74) is 1.17. The highest BCUT2D eigenvalue weighted by Gasteiger charge is 1.83. The molecular weight excluding hydrogens is 215 g/mol. The predicted molar refractivity (Wildman–Crippen MR) is 57.4 cm³/mol. The molecule has 1 aromatic carbocycles. The molecule has 0 fully saturated rings. The van der Waals surface area contributed by atoms with E-state index >= 15 is 0 Å². The molecule has 0 amide bonds. The summed E-state index contributed by atoms with van der Waals surface area (Å²) in [4.78, 5) is 16.7. The van der Waals surface area contributed by atoms with Crippen molar-refractivity contribution in [2.75, 3.05) is 0 Å². The Balaban J connectivity index is 0. The zero-order valence-corrected chi connectivity index (χ0v) is 9.05.